The average molecular weight is 242 g/mol. The van der Waals surface area contributed by atoms with Crippen molar-refractivity contribution in [1.82, 2.24) is 10.3 Å². The van der Waals surface area contributed by atoms with Crippen LogP contribution in [0.2, 0.25) is 0 Å². The van der Waals surface area contributed by atoms with Crippen molar-refractivity contribution in [2.45, 2.75) is 39.3 Å². The number of aromatic nitrogens is 1. The zero-order chi connectivity index (χ0) is 12.0. The summed E-state index contributed by atoms with van der Waals surface area (Å²) in [7, 11) is 0. The molecular formula is C12H22N2OS. The molecule has 1 N–H and O–H groups in total. The molecule has 0 fully saturated rings. The van der Waals surface area contributed by atoms with Crippen LogP contribution in [-0.4, -0.2) is 23.8 Å². The van der Waals surface area contributed by atoms with Crippen molar-refractivity contribution >= 4 is 11.8 Å². The van der Waals surface area contributed by atoms with Gasteiger partial charge in [-0.3, -0.25) is 0 Å². The fraction of sp³-hybridized carbons (Fsp3) is 0.750. The van der Waals surface area contributed by atoms with Crippen LogP contribution in [0.1, 0.15) is 31.7 Å². The fourth-order valence-corrected chi connectivity index (χ4v) is 2.10. The molecule has 0 spiro atoms. The van der Waals surface area contributed by atoms with Crippen LogP contribution in [0.5, 0.6) is 0 Å². The van der Waals surface area contributed by atoms with Gasteiger partial charge in [0, 0.05) is 5.75 Å². The molecule has 1 heterocycles. The van der Waals surface area contributed by atoms with Gasteiger partial charge in [-0.2, -0.15) is 0 Å². The zero-order valence-corrected chi connectivity index (χ0v) is 11.5. The van der Waals surface area contributed by atoms with Gasteiger partial charge in [0.25, 0.3) is 5.22 Å². The van der Waals surface area contributed by atoms with Gasteiger partial charge in [-0.1, -0.05) is 25.6 Å². The van der Waals surface area contributed by atoms with Crippen LogP contribution in [0.25, 0.3) is 0 Å². The third kappa shape index (κ3) is 5.03. The van der Waals surface area contributed by atoms with E-state index < -0.39 is 0 Å². The van der Waals surface area contributed by atoms with Crippen LogP contribution < -0.4 is 5.32 Å². The summed E-state index contributed by atoms with van der Waals surface area (Å²) in [6.07, 6.45) is 1.15. The quantitative estimate of drug-likeness (QED) is 0.589. The highest BCUT2D eigenvalue weighted by molar-refractivity contribution is 7.99. The normalized spacial score (nSPS) is 11.3. The maximum atomic E-state index is 5.49. The molecule has 0 aliphatic heterocycles. The van der Waals surface area contributed by atoms with Gasteiger partial charge in [0.15, 0.2) is 0 Å². The van der Waals surface area contributed by atoms with E-state index in [4.69, 9.17) is 4.42 Å². The second kappa shape index (κ2) is 6.97. The summed E-state index contributed by atoms with van der Waals surface area (Å²) in [6.45, 7) is 10.6. The minimum Gasteiger partial charge on any atom is -0.437 e. The number of thioether (sulfide) groups is 1. The van der Waals surface area contributed by atoms with Crippen molar-refractivity contribution < 1.29 is 4.42 Å². The second-order valence-electron chi connectivity index (χ2n) is 4.42. The van der Waals surface area contributed by atoms with Crippen molar-refractivity contribution in [2.24, 2.45) is 5.92 Å². The molecule has 0 saturated carbocycles. The summed E-state index contributed by atoms with van der Waals surface area (Å²) in [5.74, 6) is 2.72. The van der Waals surface area contributed by atoms with Crippen molar-refractivity contribution in [3.63, 3.8) is 0 Å². The average Bonchev–Trinajstić information content (AvgIpc) is 2.52. The van der Waals surface area contributed by atoms with E-state index in [1.165, 1.54) is 0 Å². The molecule has 3 nitrogen and oxygen atoms in total. The predicted octanol–water partition coefficient (Wildman–Crippen LogP) is 3.02. The standard InChI is InChI=1S/C12H22N2OS/c1-9(2)8-13-6-5-7-16-12-14-10(3)11(4)15-12/h9,13H,5-8H2,1-4H3. The van der Waals surface area contributed by atoms with Crippen LogP contribution in [0.3, 0.4) is 0 Å². The summed E-state index contributed by atoms with van der Waals surface area (Å²) >= 11 is 1.70. The number of nitrogens with one attached hydrogen (secondary N) is 1. The van der Waals surface area contributed by atoms with Gasteiger partial charge in [-0.05, 0) is 39.3 Å². The lowest BCUT2D eigenvalue weighted by Crippen LogP contribution is -2.21. The number of hydrogen-bond acceptors (Lipinski definition) is 4. The largest absolute Gasteiger partial charge is 0.437 e. The number of hydrogen-bond donors (Lipinski definition) is 1. The molecule has 0 atom stereocenters. The highest BCUT2D eigenvalue weighted by atomic mass is 32.2. The second-order valence-corrected chi connectivity index (χ2v) is 5.47. The first-order valence-corrected chi connectivity index (χ1v) is 6.85. The zero-order valence-electron chi connectivity index (χ0n) is 10.7. The van der Waals surface area contributed by atoms with E-state index in [9.17, 15) is 0 Å². The monoisotopic (exact) mass is 242 g/mol. The first kappa shape index (κ1) is 13.6. The summed E-state index contributed by atoms with van der Waals surface area (Å²) in [6, 6.07) is 0. The van der Waals surface area contributed by atoms with E-state index in [0.717, 1.165) is 47.9 Å². The van der Waals surface area contributed by atoms with E-state index >= 15 is 0 Å². The summed E-state index contributed by atoms with van der Waals surface area (Å²) in [5, 5.41) is 4.23. The first-order chi connectivity index (χ1) is 7.59. The van der Waals surface area contributed by atoms with E-state index in [-0.39, 0.29) is 0 Å². The van der Waals surface area contributed by atoms with Crippen molar-refractivity contribution in [2.75, 3.05) is 18.8 Å². The number of nitrogens with zero attached hydrogens (tertiary/aromatic N) is 1. The lowest BCUT2D eigenvalue weighted by molar-refractivity contribution is 0.431. The minimum atomic E-state index is 0.727. The molecule has 16 heavy (non-hydrogen) atoms. The van der Waals surface area contributed by atoms with E-state index in [1.807, 2.05) is 13.8 Å². The van der Waals surface area contributed by atoms with Crippen LogP contribution in [0.15, 0.2) is 9.64 Å². The van der Waals surface area contributed by atoms with Crippen LogP contribution in [0.4, 0.5) is 0 Å². The molecule has 1 aromatic rings. The number of aryl methyl sites for hydroxylation is 2. The molecule has 1 rings (SSSR count). The Bertz CT molecular complexity index is 290. The van der Waals surface area contributed by atoms with Crippen molar-refractivity contribution in [1.29, 1.82) is 0 Å². The van der Waals surface area contributed by atoms with Gasteiger partial charge in [0.1, 0.15) is 5.76 Å². The van der Waals surface area contributed by atoms with Crippen molar-refractivity contribution in [3.05, 3.63) is 11.5 Å². The third-order valence-electron chi connectivity index (χ3n) is 2.28. The van der Waals surface area contributed by atoms with Gasteiger partial charge in [-0.25, -0.2) is 4.98 Å². The van der Waals surface area contributed by atoms with Gasteiger partial charge >= 0.3 is 0 Å². The Balaban J connectivity index is 2.07. The lowest BCUT2D eigenvalue weighted by atomic mass is 10.2. The summed E-state index contributed by atoms with van der Waals surface area (Å²) in [5.41, 5.74) is 1.00. The third-order valence-corrected chi connectivity index (χ3v) is 3.20. The highest BCUT2D eigenvalue weighted by Crippen LogP contribution is 2.20. The Labute approximate surface area is 102 Å². The predicted molar refractivity (Wildman–Crippen MR) is 69.0 cm³/mol. The maximum Gasteiger partial charge on any atom is 0.256 e. The number of oxazole rings is 1. The molecule has 0 amide bonds. The Morgan fingerprint density at radius 1 is 1.38 bits per heavy atom. The van der Waals surface area contributed by atoms with Crippen LogP contribution in [0, 0.1) is 19.8 Å². The van der Waals surface area contributed by atoms with Gasteiger partial charge in [-0.15, -0.1) is 0 Å². The molecule has 4 heteroatoms. The Morgan fingerprint density at radius 2 is 2.12 bits per heavy atom. The van der Waals surface area contributed by atoms with Crippen molar-refractivity contribution in [3.8, 4) is 0 Å². The summed E-state index contributed by atoms with van der Waals surface area (Å²) in [4.78, 5) is 4.33. The molecule has 0 bridgehead atoms. The minimum absolute atomic E-state index is 0.727. The Morgan fingerprint density at radius 3 is 2.69 bits per heavy atom. The first-order valence-electron chi connectivity index (χ1n) is 5.87. The Kier molecular flexibility index (Phi) is 5.91. The van der Waals surface area contributed by atoms with Crippen LogP contribution >= 0.6 is 11.8 Å². The lowest BCUT2D eigenvalue weighted by Gasteiger charge is -2.05. The van der Waals surface area contributed by atoms with E-state index in [2.05, 4.69) is 24.1 Å². The smallest absolute Gasteiger partial charge is 0.256 e. The summed E-state index contributed by atoms with van der Waals surface area (Å²) < 4.78 is 5.49. The molecule has 92 valence electrons. The SMILES string of the molecule is Cc1nc(SCCCNCC(C)C)oc1C. The maximum absolute atomic E-state index is 5.49. The number of rotatable bonds is 7. The topological polar surface area (TPSA) is 38.1 Å². The van der Waals surface area contributed by atoms with Gasteiger partial charge < -0.3 is 9.73 Å². The molecule has 1 aromatic heterocycles. The molecule has 0 aliphatic carbocycles. The Hall–Kier alpha value is -0.480. The highest BCUT2D eigenvalue weighted by Gasteiger charge is 2.05. The fourth-order valence-electron chi connectivity index (χ4n) is 1.25. The molecule has 0 unspecified atom stereocenters. The van der Waals surface area contributed by atoms with E-state index in [0.29, 0.717) is 0 Å². The molecule has 0 aromatic carbocycles. The molecule has 0 aliphatic rings. The van der Waals surface area contributed by atoms with Gasteiger partial charge in [0.05, 0.1) is 5.69 Å². The molecular weight excluding hydrogens is 220 g/mol. The van der Waals surface area contributed by atoms with Gasteiger partial charge in [0.2, 0.25) is 0 Å². The molecule has 0 radical (unpaired) electrons. The van der Waals surface area contributed by atoms with Crippen LogP contribution in [-0.2, 0) is 0 Å². The molecule has 0 saturated heterocycles. The van der Waals surface area contributed by atoms with E-state index in [1.54, 1.807) is 11.8 Å².